The summed E-state index contributed by atoms with van der Waals surface area (Å²) in [5, 5.41) is 15.2. The molecule has 0 aromatic heterocycles. The van der Waals surface area contributed by atoms with Crippen molar-refractivity contribution in [1.29, 1.82) is 0 Å². The second kappa shape index (κ2) is 8.37. The Balaban J connectivity index is 2.59. The van der Waals surface area contributed by atoms with Gasteiger partial charge in [0.05, 0.1) is 10.6 Å². The van der Waals surface area contributed by atoms with Crippen LogP contribution in [-0.4, -0.2) is 35.4 Å². The summed E-state index contributed by atoms with van der Waals surface area (Å²) in [5.74, 6) is -2.98. The molecule has 1 unspecified atom stereocenters. The highest BCUT2D eigenvalue weighted by atomic mass is 19.1. The van der Waals surface area contributed by atoms with Gasteiger partial charge in [-0.15, -0.1) is 0 Å². The normalized spacial score (nSPS) is 12.0. The summed E-state index contributed by atoms with van der Waals surface area (Å²) in [7, 11) is 0. The first-order valence-corrected chi connectivity index (χ1v) is 7.63. The van der Waals surface area contributed by atoms with Gasteiger partial charge in [-0.3, -0.25) is 19.7 Å². The third kappa shape index (κ3) is 6.11. The Hall–Kier alpha value is -3.04. The van der Waals surface area contributed by atoms with E-state index in [2.05, 4.69) is 10.6 Å². The van der Waals surface area contributed by atoms with Crippen LogP contribution in [0.1, 0.15) is 27.7 Å². The molecule has 0 aliphatic carbocycles. The molecule has 0 radical (unpaired) electrons. The molecule has 1 aromatic rings. The van der Waals surface area contributed by atoms with E-state index < -0.39 is 52.1 Å². The van der Waals surface area contributed by atoms with Crippen molar-refractivity contribution in [2.45, 2.75) is 33.7 Å². The van der Waals surface area contributed by atoms with Gasteiger partial charge in [0.25, 0.3) is 11.6 Å². The van der Waals surface area contributed by atoms with Gasteiger partial charge in [0.1, 0.15) is 11.9 Å². The molecule has 0 heterocycles. The summed E-state index contributed by atoms with van der Waals surface area (Å²) in [5.41, 5.74) is -1.52. The van der Waals surface area contributed by atoms with Gasteiger partial charge >= 0.3 is 5.97 Å². The van der Waals surface area contributed by atoms with Crippen molar-refractivity contribution < 1.29 is 28.4 Å². The maximum atomic E-state index is 13.6. The fraction of sp³-hybridized carbons (Fsp3) is 0.438. The van der Waals surface area contributed by atoms with E-state index in [9.17, 15) is 28.9 Å². The number of anilines is 1. The number of amides is 2. The number of esters is 1. The van der Waals surface area contributed by atoms with Crippen molar-refractivity contribution in [2.24, 2.45) is 5.41 Å². The van der Waals surface area contributed by atoms with E-state index in [1.54, 1.807) is 20.8 Å². The van der Waals surface area contributed by atoms with Crippen molar-refractivity contribution in [2.75, 3.05) is 11.9 Å². The van der Waals surface area contributed by atoms with Crippen LogP contribution in [-0.2, 0) is 19.1 Å². The average Bonchev–Trinajstić information content (AvgIpc) is 2.53. The third-order valence-corrected chi connectivity index (χ3v) is 3.16. The zero-order valence-electron chi connectivity index (χ0n) is 14.8. The van der Waals surface area contributed by atoms with Crippen LogP contribution in [0.2, 0.25) is 0 Å². The van der Waals surface area contributed by atoms with E-state index in [4.69, 9.17) is 4.74 Å². The van der Waals surface area contributed by atoms with Crippen molar-refractivity contribution >= 4 is 29.2 Å². The van der Waals surface area contributed by atoms with Gasteiger partial charge in [0, 0.05) is 17.5 Å². The van der Waals surface area contributed by atoms with Gasteiger partial charge in [0.15, 0.2) is 6.61 Å². The summed E-state index contributed by atoms with van der Waals surface area (Å²) < 4.78 is 18.3. The first-order valence-electron chi connectivity index (χ1n) is 7.63. The summed E-state index contributed by atoms with van der Waals surface area (Å²) in [6.45, 7) is 5.66. The minimum Gasteiger partial charge on any atom is -0.454 e. The standard InChI is InChI=1S/C16H20FN3O6/c1-9(18-15(23)16(2,3)4)14(22)26-8-13(21)19-12-7-10(20(24)25)5-6-11(12)17/h5-7,9H,8H2,1-4H3,(H,18,23)(H,19,21). The predicted octanol–water partition coefficient (Wildman–Crippen LogP) is 1.77. The van der Waals surface area contributed by atoms with Crippen LogP contribution in [0.4, 0.5) is 15.8 Å². The number of rotatable bonds is 6. The Kier molecular flexibility index (Phi) is 6.76. The number of non-ortho nitro benzene ring substituents is 1. The van der Waals surface area contributed by atoms with E-state index in [1.165, 1.54) is 6.92 Å². The molecule has 0 bridgehead atoms. The van der Waals surface area contributed by atoms with Gasteiger partial charge in [-0.1, -0.05) is 20.8 Å². The molecule has 0 saturated carbocycles. The monoisotopic (exact) mass is 369 g/mol. The number of carbonyl (C=O) groups is 3. The van der Waals surface area contributed by atoms with Gasteiger partial charge in [0.2, 0.25) is 5.91 Å². The van der Waals surface area contributed by atoms with Crippen molar-refractivity contribution in [3.8, 4) is 0 Å². The van der Waals surface area contributed by atoms with E-state index in [1.807, 2.05) is 0 Å². The Morgan fingerprint density at radius 2 is 1.92 bits per heavy atom. The zero-order chi connectivity index (χ0) is 20.1. The molecule has 0 saturated heterocycles. The topological polar surface area (TPSA) is 128 Å². The van der Waals surface area contributed by atoms with Crippen molar-refractivity contribution in [1.82, 2.24) is 5.32 Å². The Morgan fingerprint density at radius 3 is 2.46 bits per heavy atom. The summed E-state index contributed by atoms with van der Waals surface area (Å²) in [4.78, 5) is 45.2. The number of nitro groups is 1. The SMILES string of the molecule is CC(NC(=O)C(C)(C)C)C(=O)OCC(=O)Nc1cc([N+](=O)[O-])ccc1F. The predicted molar refractivity (Wildman–Crippen MR) is 89.7 cm³/mol. The number of hydrogen-bond donors (Lipinski definition) is 2. The number of benzene rings is 1. The van der Waals surface area contributed by atoms with Crippen molar-refractivity contribution in [3.63, 3.8) is 0 Å². The lowest BCUT2D eigenvalue weighted by atomic mass is 9.95. The number of nitro benzene ring substituents is 1. The second-order valence-electron chi connectivity index (χ2n) is 6.52. The molecule has 2 N–H and O–H groups in total. The smallest absolute Gasteiger partial charge is 0.328 e. The van der Waals surface area contributed by atoms with Crippen LogP contribution < -0.4 is 10.6 Å². The lowest BCUT2D eigenvalue weighted by Gasteiger charge is -2.20. The number of nitrogens with one attached hydrogen (secondary N) is 2. The van der Waals surface area contributed by atoms with Crippen LogP contribution in [0, 0.1) is 21.3 Å². The fourth-order valence-corrected chi connectivity index (χ4v) is 1.64. The molecule has 1 aromatic carbocycles. The molecule has 2 amide bonds. The maximum Gasteiger partial charge on any atom is 0.328 e. The van der Waals surface area contributed by atoms with E-state index in [0.717, 1.165) is 18.2 Å². The van der Waals surface area contributed by atoms with E-state index >= 15 is 0 Å². The molecular formula is C16H20FN3O6. The average molecular weight is 369 g/mol. The molecule has 0 aliphatic heterocycles. The lowest BCUT2D eigenvalue weighted by molar-refractivity contribution is -0.384. The number of ether oxygens (including phenoxy) is 1. The van der Waals surface area contributed by atoms with Gasteiger partial charge in [-0.25, -0.2) is 9.18 Å². The van der Waals surface area contributed by atoms with Gasteiger partial charge in [-0.2, -0.15) is 0 Å². The highest BCUT2D eigenvalue weighted by molar-refractivity contribution is 5.94. The largest absolute Gasteiger partial charge is 0.454 e. The molecule has 10 heteroatoms. The molecule has 1 rings (SSSR count). The first-order chi connectivity index (χ1) is 11.9. The number of carbonyl (C=O) groups excluding carboxylic acids is 3. The van der Waals surface area contributed by atoms with Crippen LogP contribution in [0.3, 0.4) is 0 Å². The molecule has 1 atom stereocenters. The van der Waals surface area contributed by atoms with Crippen molar-refractivity contribution in [3.05, 3.63) is 34.1 Å². The third-order valence-electron chi connectivity index (χ3n) is 3.16. The van der Waals surface area contributed by atoms with Crippen LogP contribution in [0.5, 0.6) is 0 Å². The fourth-order valence-electron chi connectivity index (χ4n) is 1.64. The number of nitrogens with zero attached hydrogens (tertiary/aromatic N) is 1. The molecule has 142 valence electrons. The maximum absolute atomic E-state index is 13.6. The highest BCUT2D eigenvalue weighted by Gasteiger charge is 2.26. The molecule has 26 heavy (non-hydrogen) atoms. The van der Waals surface area contributed by atoms with E-state index in [-0.39, 0.29) is 5.91 Å². The van der Waals surface area contributed by atoms with Gasteiger partial charge < -0.3 is 15.4 Å². The summed E-state index contributed by atoms with van der Waals surface area (Å²) in [6, 6.07) is 1.65. The molecule has 0 aliphatic rings. The first kappa shape index (κ1) is 21.0. The highest BCUT2D eigenvalue weighted by Crippen LogP contribution is 2.21. The summed E-state index contributed by atoms with van der Waals surface area (Å²) in [6.07, 6.45) is 0. The van der Waals surface area contributed by atoms with Crippen LogP contribution >= 0.6 is 0 Å². The Labute approximate surface area is 149 Å². The lowest BCUT2D eigenvalue weighted by Crippen LogP contribution is -2.45. The Morgan fingerprint density at radius 1 is 1.31 bits per heavy atom. The Bertz CT molecular complexity index is 729. The van der Waals surface area contributed by atoms with E-state index in [0.29, 0.717) is 0 Å². The molecule has 0 fully saturated rings. The zero-order valence-corrected chi connectivity index (χ0v) is 14.8. The van der Waals surface area contributed by atoms with Crippen LogP contribution in [0.15, 0.2) is 18.2 Å². The molecule has 9 nitrogen and oxygen atoms in total. The minimum absolute atomic E-state index is 0.370. The van der Waals surface area contributed by atoms with Crippen LogP contribution in [0.25, 0.3) is 0 Å². The number of hydrogen-bond acceptors (Lipinski definition) is 6. The quantitative estimate of drug-likeness (QED) is 0.447. The number of halogens is 1. The van der Waals surface area contributed by atoms with Gasteiger partial charge in [-0.05, 0) is 13.0 Å². The molecule has 0 spiro atoms. The second-order valence-corrected chi connectivity index (χ2v) is 6.52. The minimum atomic E-state index is -0.982. The molecular weight excluding hydrogens is 349 g/mol. The summed E-state index contributed by atoms with van der Waals surface area (Å²) >= 11 is 0.